The molecule has 0 aliphatic rings. The molecule has 0 saturated carbocycles. The number of carbonyl (C=O) groups excluding carboxylic acids is 1. The third-order valence-corrected chi connectivity index (χ3v) is 3.78. The Morgan fingerprint density at radius 2 is 2.08 bits per heavy atom. The SMILES string of the molecule is Cc1nn(C)cc1C(=O)/C=C/c1cccn1-c1cccc([N+](=O)[O-])c1. The molecule has 0 aliphatic heterocycles. The highest BCUT2D eigenvalue weighted by Gasteiger charge is 2.11. The van der Waals surface area contributed by atoms with Gasteiger partial charge >= 0.3 is 0 Å². The summed E-state index contributed by atoms with van der Waals surface area (Å²) in [6, 6.07) is 9.99. The molecule has 0 amide bonds. The van der Waals surface area contributed by atoms with Gasteiger partial charge in [-0.3, -0.25) is 19.6 Å². The van der Waals surface area contributed by atoms with E-state index in [1.165, 1.54) is 18.2 Å². The molecular weight excluding hydrogens is 320 g/mol. The molecule has 2 heterocycles. The second kappa shape index (κ2) is 6.56. The van der Waals surface area contributed by atoms with E-state index in [-0.39, 0.29) is 11.5 Å². The fourth-order valence-electron chi connectivity index (χ4n) is 2.61. The number of hydrogen-bond acceptors (Lipinski definition) is 4. The molecule has 0 spiro atoms. The van der Waals surface area contributed by atoms with Gasteiger partial charge < -0.3 is 4.57 Å². The second-order valence-corrected chi connectivity index (χ2v) is 5.58. The van der Waals surface area contributed by atoms with E-state index in [2.05, 4.69) is 5.10 Å². The zero-order valence-electron chi connectivity index (χ0n) is 13.8. The van der Waals surface area contributed by atoms with E-state index < -0.39 is 4.92 Å². The highest BCUT2D eigenvalue weighted by Crippen LogP contribution is 2.20. The molecule has 0 radical (unpaired) electrons. The number of carbonyl (C=O) groups is 1. The standard InChI is InChI=1S/C18H16N4O3/c1-13-17(12-20(2)19-13)18(23)9-8-14-7-4-10-21(14)15-5-3-6-16(11-15)22(24)25/h3-12H,1-2H3/b9-8+. The second-order valence-electron chi connectivity index (χ2n) is 5.58. The van der Waals surface area contributed by atoms with Crippen molar-refractivity contribution in [1.82, 2.24) is 14.3 Å². The first-order chi connectivity index (χ1) is 12.0. The molecule has 1 aromatic carbocycles. The molecule has 7 nitrogen and oxygen atoms in total. The summed E-state index contributed by atoms with van der Waals surface area (Å²) < 4.78 is 3.38. The maximum Gasteiger partial charge on any atom is 0.271 e. The average molecular weight is 336 g/mol. The van der Waals surface area contributed by atoms with Gasteiger partial charge in [0.15, 0.2) is 5.78 Å². The van der Waals surface area contributed by atoms with Crippen LogP contribution in [-0.2, 0) is 7.05 Å². The Morgan fingerprint density at radius 3 is 2.76 bits per heavy atom. The number of hydrogen-bond donors (Lipinski definition) is 0. The van der Waals surface area contributed by atoms with Gasteiger partial charge in [0.2, 0.25) is 0 Å². The summed E-state index contributed by atoms with van der Waals surface area (Å²) in [6.07, 6.45) is 6.64. The zero-order chi connectivity index (χ0) is 18.0. The first-order valence-corrected chi connectivity index (χ1v) is 7.60. The van der Waals surface area contributed by atoms with Crippen molar-refractivity contribution < 1.29 is 9.72 Å². The maximum atomic E-state index is 12.3. The molecule has 25 heavy (non-hydrogen) atoms. The number of nitro groups is 1. The number of ketones is 1. The first kappa shape index (κ1) is 16.4. The van der Waals surface area contributed by atoms with Crippen LogP contribution >= 0.6 is 0 Å². The van der Waals surface area contributed by atoms with Gasteiger partial charge in [0, 0.05) is 37.3 Å². The monoisotopic (exact) mass is 336 g/mol. The third kappa shape index (κ3) is 3.40. The lowest BCUT2D eigenvalue weighted by Crippen LogP contribution is -1.98. The summed E-state index contributed by atoms with van der Waals surface area (Å²) in [4.78, 5) is 22.8. The van der Waals surface area contributed by atoms with Crippen LogP contribution in [0.25, 0.3) is 11.8 Å². The lowest BCUT2D eigenvalue weighted by molar-refractivity contribution is -0.384. The predicted molar refractivity (Wildman–Crippen MR) is 93.7 cm³/mol. The maximum absolute atomic E-state index is 12.3. The fraction of sp³-hybridized carbons (Fsp3) is 0.111. The molecule has 2 aromatic heterocycles. The van der Waals surface area contributed by atoms with E-state index in [4.69, 9.17) is 0 Å². The highest BCUT2D eigenvalue weighted by atomic mass is 16.6. The topological polar surface area (TPSA) is 83.0 Å². The van der Waals surface area contributed by atoms with Crippen molar-refractivity contribution in [3.63, 3.8) is 0 Å². The molecule has 0 fully saturated rings. The van der Waals surface area contributed by atoms with Gasteiger partial charge in [0.1, 0.15) is 0 Å². The number of aryl methyl sites for hydroxylation is 2. The predicted octanol–water partition coefficient (Wildman–Crippen LogP) is 3.32. The van der Waals surface area contributed by atoms with E-state index in [1.54, 1.807) is 53.8 Å². The minimum Gasteiger partial charge on any atom is -0.317 e. The van der Waals surface area contributed by atoms with Crippen molar-refractivity contribution in [2.45, 2.75) is 6.92 Å². The third-order valence-electron chi connectivity index (χ3n) is 3.78. The summed E-state index contributed by atoms with van der Waals surface area (Å²) in [6.45, 7) is 1.78. The molecule has 0 saturated heterocycles. The van der Waals surface area contributed by atoms with Crippen LogP contribution in [-0.4, -0.2) is 25.1 Å². The van der Waals surface area contributed by atoms with Crippen LogP contribution in [0.3, 0.4) is 0 Å². The van der Waals surface area contributed by atoms with Crippen LogP contribution in [0.1, 0.15) is 21.7 Å². The van der Waals surface area contributed by atoms with Crippen LogP contribution in [0.2, 0.25) is 0 Å². The number of rotatable bonds is 5. The first-order valence-electron chi connectivity index (χ1n) is 7.60. The molecular formula is C18H16N4O3. The summed E-state index contributed by atoms with van der Waals surface area (Å²) in [5.41, 5.74) is 2.64. The van der Waals surface area contributed by atoms with E-state index in [1.807, 2.05) is 12.1 Å². The van der Waals surface area contributed by atoms with Crippen LogP contribution in [0, 0.1) is 17.0 Å². The fourth-order valence-corrected chi connectivity index (χ4v) is 2.61. The molecule has 3 rings (SSSR count). The molecule has 0 unspecified atom stereocenters. The van der Waals surface area contributed by atoms with E-state index in [9.17, 15) is 14.9 Å². The van der Waals surface area contributed by atoms with Crippen molar-refractivity contribution in [3.05, 3.63) is 81.9 Å². The van der Waals surface area contributed by atoms with Crippen molar-refractivity contribution in [3.8, 4) is 5.69 Å². The van der Waals surface area contributed by atoms with E-state index in [0.717, 1.165) is 5.69 Å². The van der Waals surface area contributed by atoms with Gasteiger partial charge in [0.05, 0.1) is 21.9 Å². The highest BCUT2D eigenvalue weighted by molar-refractivity contribution is 6.07. The summed E-state index contributed by atoms with van der Waals surface area (Å²) in [7, 11) is 1.76. The van der Waals surface area contributed by atoms with Gasteiger partial charge in [-0.05, 0) is 37.3 Å². The number of non-ortho nitro benzene ring substituents is 1. The van der Waals surface area contributed by atoms with E-state index >= 15 is 0 Å². The van der Waals surface area contributed by atoms with Crippen molar-refractivity contribution >= 4 is 17.5 Å². The molecule has 0 aliphatic carbocycles. The quantitative estimate of drug-likeness (QED) is 0.310. The van der Waals surface area contributed by atoms with E-state index in [0.29, 0.717) is 16.9 Å². The van der Waals surface area contributed by atoms with Gasteiger partial charge in [-0.2, -0.15) is 5.10 Å². The molecule has 3 aromatic rings. The van der Waals surface area contributed by atoms with Crippen molar-refractivity contribution in [2.75, 3.05) is 0 Å². The van der Waals surface area contributed by atoms with Gasteiger partial charge in [-0.25, -0.2) is 0 Å². The van der Waals surface area contributed by atoms with Gasteiger partial charge in [-0.15, -0.1) is 0 Å². The molecule has 0 atom stereocenters. The minimum atomic E-state index is -0.433. The number of benzene rings is 1. The Kier molecular flexibility index (Phi) is 4.30. The zero-order valence-corrected chi connectivity index (χ0v) is 13.8. The minimum absolute atomic E-state index is 0.0168. The number of aromatic nitrogens is 3. The number of allylic oxidation sites excluding steroid dienone is 1. The van der Waals surface area contributed by atoms with Gasteiger partial charge in [-0.1, -0.05) is 6.07 Å². The van der Waals surface area contributed by atoms with Gasteiger partial charge in [0.25, 0.3) is 5.69 Å². The summed E-state index contributed by atoms with van der Waals surface area (Å²) >= 11 is 0. The smallest absolute Gasteiger partial charge is 0.271 e. The van der Waals surface area contributed by atoms with Crippen LogP contribution in [0.5, 0.6) is 0 Å². The largest absolute Gasteiger partial charge is 0.317 e. The lowest BCUT2D eigenvalue weighted by Gasteiger charge is -2.06. The summed E-state index contributed by atoms with van der Waals surface area (Å²) in [5.74, 6) is -0.141. The molecule has 7 heteroatoms. The van der Waals surface area contributed by atoms with Crippen LogP contribution in [0.4, 0.5) is 5.69 Å². The number of nitrogens with zero attached hydrogens (tertiary/aromatic N) is 4. The molecule has 126 valence electrons. The number of nitro benzene ring substituents is 1. The Labute approximate surface area is 144 Å². The summed E-state index contributed by atoms with van der Waals surface area (Å²) in [5, 5.41) is 15.1. The van der Waals surface area contributed by atoms with Crippen molar-refractivity contribution in [2.24, 2.45) is 7.05 Å². The van der Waals surface area contributed by atoms with Crippen molar-refractivity contribution in [1.29, 1.82) is 0 Å². The normalized spacial score (nSPS) is 11.1. The Morgan fingerprint density at radius 1 is 1.28 bits per heavy atom. The Hall–Kier alpha value is -3.48. The molecule has 0 N–H and O–H groups in total. The van der Waals surface area contributed by atoms with Crippen LogP contribution in [0.15, 0.2) is 54.9 Å². The lowest BCUT2D eigenvalue weighted by atomic mass is 10.1. The average Bonchev–Trinajstić information content (AvgIpc) is 3.18. The Bertz CT molecular complexity index is 982. The molecule has 0 bridgehead atoms. The van der Waals surface area contributed by atoms with Crippen LogP contribution < -0.4 is 0 Å². The Balaban J connectivity index is 1.89.